The molecule has 9 heteroatoms. The van der Waals surface area contributed by atoms with Gasteiger partial charge >= 0.3 is 5.97 Å². The van der Waals surface area contributed by atoms with Crippen LogP contribution in [0.2, 0.25) is 5.02 Å². The first-order valence-corrected chi connectivity index (χ1v) is 8.28. The first kappa shape index (κ1) is 16.7. The average Bonchev–Trinajstić information content (AvgIpc) is 2.92. The van der Waals surface area contributed by atoms with Crippen molar-refractivity contribution in [1.29, 1.82) is 0 Å². The van der Waals surface area contributed by atoms with Gasteiger partial charge in [-0.25, -0.2) is 0 Å². The summed E-state index contributed by atoms with van der Waals surface area (Å²) in [5.74, 6) is -0.564. The normalized spacial score (nSPS) is 10.3. The summed E-state index contributed by atoms with van der Waals surface area (Å²) in [6.45, 7) is 1.89. The number of amides is 1. The SMILES string of the molecule is COC(=O)CSc1nnc(NC(=O)c2ccc(C)cc2Cl)s1. The highest BCUT2D eigenvalue weighted by molar-refractivity contribution is 8.01. The van der Waals surface area contributed by atoms with Crippen LogP contribution in [0.5, 0.6) is 0 Å². The summed E-state index contributed by atoms with van der Waals surface area (Å²) >= 11 is 8.42. The van der Waals surface area contributed by atoms with Gasteiger partial charge in [0, 0.05) is 0 Å². The number of thioether (sulfide) groups is 1. The van der Waals surface area contributed by atoms with Gasteiger partial charge in [-0.1, -0.05) is 40.8 Å². The number of aryl methyl sites for hydroxylation is 1. The summed E-state index contributed by atoms with van der Waals surface area (Å²) < 4.78 is 5.10. The minimum atomic E-state index is -0.356. The number of hydrogen-bond acceptors (Lipinski definition) is 7. The summed E-state index contributed by atoms with van der Waals surface area (Å²) in [7, 11) is 1.32. The molecule has 22 heavy (non-hydrogen) atoms. The number of nitrogens with zero attached hydrogens (tertiary/aromatic N) is 2. The molecular formula is C13H12ClN3O3S2. The number of anilines is 1. The maximum atomic E-state index is 12.1. The molecule has 1 aromatic heterocycles. The Morgan fingerprint density at radius 1 is 1.41 bits per heavy atom. The van der Waals surface area contributed by atoms with E-state index in [0.717, 1.165) is 5.56 Å². The number of ether oxygens (including phenoxy) is 1. The van der Waals surface area contributed by atoms with Crippen molar-refractivity contribution in [2.24, 2.45) is 0 Å². The summed E-state index contributed by atoms with van der Waals surface area (Å²) in [4.78, 5) is 23.2. The third-order valence-electron chi connectivity index (χ3n) is 2.54. The van der Waals surface area contributed by atoms with Gasteiger partial charge in [-0.2, -0.15) is 0 Å². The molecule has 0 bridgehead atoms. The number of hydrogen-bond donors (Lipinski definition) is 1. The Morgan fingerprint density at radius 2 is 2.18 bits per heavy atom. The fourth-order valence-corrected chi connectivity index (χ4v) is 3.37. The zero-order chi connectivity index (χ0) is 16.1. The van der Waals surface area contributed by atoms with Crippen LogP contribution in [0.1, 0.15) is 15.9 Å². The van der Waals surface area contributed by atoms with E-state index in [-0.39, 0.29) is 17.6 Å². The molecule has 1 aromatic carbocycles. The number of aromatic nitrogens is 2. The quantitative estimate of drug-likeness (QED) is 0.503. The number of benzene rings is 1. The lowest BCUT2D eigenvalue weighted by Gasteiger charge is -2.04. The summed E-state index contributed by atoms with van der Waals surface area (Å²) in [5.41, 5.74) is 1.34. The van der Waals surface area contributed by atoms with Gasteiger partial charge in [-0.05, 0) is 24.6 Å². The summed E-state index contributed by atoms with van der Waals surface area (Å²) in [6, 6.07) is 5.17. The van der Waals surface area contributed by atoms with E-state index < -0.39 is 0 Å². The second-order valence-corrected chi connectivity index (χ2v) is 6.78. The second kappa shape index (κ2) is 7.57. The Kier molecular flexibility index (Phi) is 5.76. The number of rotatable bonds is 5. The first-order chi connectivity index (χ1) is 10.5. The van der Waals surface area contributed by atoms with Crippen molar-refractivity contribution in [3.05, 3.63) is 34.3 Å². The lowest BCUT2D eigenvalue weighted by atomic mass is 10.1. The van der Waals surface area contributed by atoms with Gasteiger partial charge < -0.3 is 4.74 Å². The molecule has 0 aliphatic rings. The Labute approximate surface area is 140 Å². The van der Waals surface area contributed by atoms with Crippen molar-refractivity contribution in [3.8, 4) is 0 Å². The van der Waals surface area contributed by atoms with Crippen molar-refractivity contribution in [2.75, 3.05) is 18.2 Å². The van der Waals surface area contributed by atoms with Crippen LogP contribution in [0.3, 0.4) is 0 Å². The first-order valence-electron chi connectivity index (χ1n) is 6.10. The minimum absolute atomic E-state index is 0.142. The van der Waals surface area contributed by atoms with Gasteiger partial charge in [-0.3, -0.25) is 14.9 Å². The van der Waals surface area contributed by atoms with E-state index in [1.54, 1.807) is 18.2 Å². The van der Waals surface area contributed by atoms with E-state index in [2.05, 4.69) is 20.3 Å². The number of methoxy groups -OCH3 is 1. The molecule has 0 saturated heterocycles. The van der Waals surface area contributed by atoms with E-state index >= 15 is 0 Å². The standard InChI is InChI=1S/C13H12ClN3O3S2/c1-7-3-4-8(9(14)5-7)11(19)15-12-16-17-13(22-12)21-6-10(18)20-2/h3-5H,6H2,1-2H3,(H,15,16,19). The molecule has 1 amide bonds. The van der Waals surface area contributed by atoms with Crippen LogP contribution >= 0.6 is 34.7 Å². The van der Waals surface area contributed by atoms with Crippen LogP contribution < -0.4 is 5.32 Å². The fourth-order valence-electron chi connectivity index (χ4n) is 1.47. The highest BCUT2D eigenvalue weighted by Crippen LogP contribution is 2.26. The van der Waals surface area contributed by atoms with Gasteiger partial charge in [-0.15, -0.1) is 10.2 Å². The third-order valence-corrected chi connectivity index (χ3v) is 4.80. The molecule has 2 aromatic rings. The maximum Gasteiger partial charge on any atom is 0.316 e. The van der Waals surface area contributed by atoms with Crippen LogP contribution in [0.25, 0.3) is 0 Å². The van der Waals surface area contributed by atoms with Crippen LogP contribution in [-0.2, 0) is 9.53 Å². The predicted molar refractivity (Wildman–Crippen MR) is 86.8 cm³/mol. The van der Waals surface area contributed by atoms with Gasteiger partial charge in [0.25, 0.3) is 5.91 Å². The highest BCUT2D eigenvalue weighted by atomic mass is 35.5. The molecule has 2 rings (SSSR count). The highest BCUT2D eigenvalue weighted by Gasteiger charge is 2.14. The number of halogens is 1. The van der Waals surface area contributed by atoms with Crippen LogP contribution in [0.15, 0.2) is 22.5 Å². The van der Waals surface area contributed by atoms with Gasteiger partial charge in [0.05, 0.1) is 23.4 Å². The van der Waals surface area contributed by atoms with Crippen molar-refractivity contribution < 1.29 is 14.3 Å². The number of carbonyl (C=O) groups excluding carboxylic acids is 2. The lowest BCUT2D eigenvalue weighted by Crippen LogP contribution is -2.12. The minimum Gasteiger partial charge on any atom is -0.468 e. The van der Waals surface area contributed by atoms with Crippen molar-refractivity contribution in [3.63, 3.8) is 0 Å². The topological polar surface area (TPSA) is 81.2 Å². The van der Waals surface area contributed by atoms with Crippen LogP contribution in [-0.4, -0.2) is 34.9 Å². The monoisotopic (exact) mass is 357 g/mol. The molecule has 0 fully saturated rings. The van der Waals surface area contributed by atoms with Gasteiger partial charge in [0.15, 0.2) is 4.34 Å². The Bertz CT molecular complexity index is 706. The largest absolute Gasteiger partial charge is 0.468 e. The molecule has 6 nitrogen and oxygen atoms in total. The van der Waals surface area contributed by atoms with Gasteiger partial charge in [0.2, 0.25) is 5.13 Å². The van der Waals surface area contributed by atoms with Crippen LogP contribution in [0, 0.1) is 6.92 Å². The lowest BCUT2D eigenvalue weighted by molar-refractivity contribution is -0.137. The number of nitrogens with one attached hydrogen (secondary N) is 1. The average molecular weight is 358 g/mol. The predicted octanol–water partition coefficient (Wildman–Crippen LogP) is 3.02. The molecular weight excluding hydrogens is 346 g/mol. The fraction of sp³-hybridized carbons (Fsp3) is 0.231. The van der Waals surface area contributed by atoms with E-state index in [0.29, 0.717) is 20.1 Å². The van der Waals surface area contributed by atoms with Crippen molar-refractivity contribution in [1.82, 2.24) is 10.2 Å². The number of carbonyl (C=O) groups is 2. The Balaban J connectivity index is 2.00. The van der Waals surface area contributed by atoms with E-state index in [4.69, 9.17) is 11.6 Å². The molecule has 0 aliphatic heterocycles. The molecule has 0 aliphatic carbocycles. The zero-order valence-corrected chi connectivity index (χ0v) is 14.1. The third kappa shape index (κ3) is 4.43. The Morgan fingerprint density at radius 3 is 2.86 bits per heavy atom. The molecule has 0 saturated carbocycles. The van der Waals surface area contributed by atoms with Crippen molar-refractivity contribution in [2.45, 2.75) is 11.3 Å². The van der Waals surface area contributed by atoms with E-state index in [1.807, 2.05) is 6.92 Å². The van der Waals surface area contributed by atoms with Crippen molar-refractivity contribution >= 4 is 51.7 Å². The van der Waals surface area contributed by atoms with E-state index in [1.165, 1.54) is 30.2 Å². The van der Waals surface area contributed by atoms with Gasteiger partial charge in [0.1, 0.15) is 0 Å². The molecule has 116 valence electrons. The van der Waals surface area contributed by atoms with Crippen LogP contribution in [0.4, 0.5) is 5.13 Å². The molecule has 0 spiro atoms. The molecule has 1 N–H and O–H groups in total. The molecule has 0 unspecified atom stereocenters. The zero-order valence-electron chi connectivity index (χ0n) is 11.8. The Hall–Kier alpha value is -1.64. The summed E-state index contributed by atoms with van der Waals surface area (Å²) in [5, 5.41) is 11.1. The van der Waals surface area contributed by atoms with E-state index in [9.17, 15) is 9.59 Å². The maximum absolute atomic E-state index is 12.1. The smallest absolute Gasteiger partial charge is 0.316 e. The molecule has 1 heterocycles. The summed E-state index contributed by atoms with van der Waals surface area (Å²) in [6.07, 6.45) is 0. The molecule has 0 radical (unpaired) electrons. The molecule has 0 atom stereocenters. The second-order valence-electron chi connectivity index (χ2n) is 4.18. The number of esters is 1.